The number of aromatic nitrogens is 1. The summed E-state index contributed by atoms with van der Waals surface area (Å²) in [6.07, 6.45) is 0.531. The summed E-state index contributed by atoms with van der Waals surface area (Å²) in [6, 6.07) is 7.90. The Morgan fingerprint density at radius 3 is 2.79 bits per heavy atom. The predicted octanol–water partition coefficient (Wildman–Crippen LogP) is 3.16. The number of aliphatic hydroxyl groups excluding tert-OH is 1. The normalized spacial score (nSPS) is 12.2. The lowest BCUT2D eigenvalue weighted by molar-refractivity contribution is 0.172. The first-order valence-electron chi connectivity index (χ1n) is 5.72. The van der Waals surface area contributed by atoms with Gasteiger partial charge in [-0.15, -0.1) is 0 Å². The van der Waals surface area contributed by atoms with Crippen molar-refractivity contribution in [3.63, 3.8) is 0 Å². The largest absolute Gasteiger partial charge is 0.496 e. The Balaban J connectivity index is 2.20. The molecule has 0 fully saturated rings. The monoisotopic (exact) mass is 281 g/mol. The quantitative estimate of drug-likeness (QED) is 0.936. The Kier molecular flexibility index (Phi) is 4.35. The van der Waals surface area contributed by atoms with E-state index in [1.54, 1.807) is 25.3 Å². The molecule has 1 aromatic carbocycles. The first-order valence-corrected chi connectivity index (χ1v) is 6.10. The van der Waals surface area contributed by atoms with Gasteiger partial charge in [-0.2, -0.15) is 0 Å². The molecule has 1 N–H and O–H groups in total. The molecule has 2 rings (SSSR count). The van der Waals surface area contributed by atoms with Crippen LogP contribution in [0.3, 0.4) is 0 Å². The third-order valence-corrected chi connectivity index (χ3v) is 2.98. The number of pyridine rings is 1. The Morgan fingerprint density at radius 1 is 1.37 bits per heavy atom. The van der Waals surface area contributed by atoms with Crippen molar-refractivity contribution >= 4 is 11.6 Å². The summed E-state index contributed by atoms with van der Waals surface area (Å²) in [5.41, 5.74) is 1.18. The molecule has 1 heterocycles. The molecule has 0 radical (unpaired) electrons. The maximum atomic E-state index is 12.8. The van der Waals surface area contributed by atoms with Gasteiger partial charge in [0.1, 0.15) is 17.7 Å². The van der Waals surface area contributed by atoms with E-state index in [0.717, 1.165) is 11.8 Å². The maximum Gasteiger partial charge on any atom is 0.141 e. The molecule has 0 aliphatic carbocycles. The lowest BCUT2D eigenvalue weighted by Gasteiger charge is -2.13. The molecule has 0 spiro atoms. The van der Waals surface area contributed by atoms with E-state index in [1.165, 1.54) is 12.1 Å². The molecule has 0 amide bonds. The second-order valence-corrected chi connectivity index (χ2v) is 4.51. The minimum absolute atomic E-state index is 0.294. The molecule has 0 bridgehead atoms. The van der Waals surface area contributed by atoms with Gasteiger partial charge < -0.3 is 9.84 Å². The van der Waals surface area contributed by atoms with E-state index in [2.05, 4.69) is 4.98 Å². The highest BCUT2D eigenvalue weighted by Crippen LogP contribution is 2.27. The molecule has 100 valence electrons. The Hall–Kier alpha value is -1.65. The van der Waals surface area contributed by atoms with Crippen LogP contribution in [0.2, 0.25) is 5.02 Å². The SMILES string of the molecule is COc1ccc(Cl)cc1CC(O)c1ccc(F)cn1. The Morgan fingerprint density at radius 2 is 2.16 bits per heavy atom. The van der Waals surface area contributed by atoms with Crippen LogP contribution in [-0.4, -0.2) is 17.2 Å². The summed E-state index contributed by atoms with van der Waals surface area (Å²) in [5.74, 6) is 0.210. The van der Waals surface area contributed by atoms with Crippen molar-refractivity contribution in [3.8, 4) is 5.75 Å². The molecule has 5 heteroatoms. The fourth-order valence-electron chi connectivity index (χ4n) is 1.80. The number of methoxy groups -OCH3 is 1. The second kappa shape index (κ2) is 5.99. The van der Waals surface area contributed by atoms with Crippen LogP contribution in [0.15, 0.2) is 36.5 Å². The summed E-state index contributed by atoms with van der Waals surface area (Å²) in [4.78, 5) is 3.85. The number of hydrogen-bond donors (Lipinski definition) is 1. The second-order valence-electron chi connectivity index (χ2n) is 4.08. The van der Waals surface area contributed by atoms with Crippen LogP contribution in [0.1, 0.15) is 17.4 Å². The zero-order chi connectivity index (χ0) is 13.8. The zero-order valence-electron chi connectivity index (χ0n) is 10.3. The Labute approximate surface area is 115 Å². The van der Waals surface area contributed by atoms with Gasteiger partial charge in [-0.05, 0) is 35.9 Å². The average Bonchev–Trinajstić information content (AvgIpc) is 2.39. The number of hydrogen-bond acceptors (Lipinski definition) is 3. The average molecular weight is 282 g/mol. The van der Waals surface area contributed by atoms with Crippen LogP contribution < -0.4 is 4.74 Å². The van der Waals surface area contributed by atoms with Gasteiger partial charge in [0.15, 0.2) is 0 Å². The number of ether oxygens (including phenoxy) is 1. The van der Waals surface area contributed by atoms with Crippen LogP contribution in [0.5, 0.6) is 5.75 Å². The number of rotatable bonds is 4. The zero-order valence-corrected chi connectivity index (χ0v) is 11.1. The predicted molar refractivity (Wildman–Crippen MR) is 70.9 cm³/mol. The maximum absolute atomic E-state index is 12.8. The molecule has 2 aromatic rings. The Bertz CT molecular complexity index is 560. The highest BCUT2D eigenvalue weighted by Gasteiger charge is 2.13. The minimum atomic E-state index is -0.840. The summed E-state index contributed by atoms with van der Waals surface area (Å²) >= 11 is 5.92. The number of nitrogens with zero attached hydrogens (tertiary/aromatic N) is 1. The lowest BCUT2D eigenvalue weighted by Crippen LogP contribution is -2.05. The minimum Gasteiger partial charge on any atom is -0.496 e. The lowest BCUT2D eigenvalue weighted by atomic mass is 10.0. The van der Waals surface area contributed by atoms with Gasteiger partial charge in [-0.25, -0.2) is 4.39 Å². The summed E-state index contributed by atoms with van der Waals surface area (Å²) in [7, 11) is 1.55. The van der Waals surface area contributed by atoms with Crippen molar-refractivity contribution in [1.29, 1.82) is 0 Å². The van der Waals surface area contributed by atoms with Crippen LogP contribution in [0.4, 0.5) is 4.39 Å². The topological polar surface area (TPSA) is 42.4 Å². The number of aliphatic hydroxyl groups is 1. The molecule has 0 aliphatic heterocycles. The molecule has 1 atom stereocenters. The molecule has 1 unspecified atom stereocenters. The van der Waals surface area contributed by atoms with E-state index in [4.69, 9.17) is 16.3 Å². The highest BCUT2D eigenvalue weighted by atomic mass is 35.5. The summed E-state index contributed by atoms with van der Waals surface area (Å²) in [6.45, 7) is 0. The molecule has 0 saturated heterocycles. The standard InChI is InChI=1S/C14H13ClFNO2/c1-19-14-5-2-10(15)6-9(14)7-13(18)12-4-3-11(16)8-17-12/h2-6,8,13,18H,7H2,1H3. The van der Waals surface area contributed by atoms with Crippen LogP contribution in [0, 0.1) is 5.82 Å². The van der Waals surface area contributed by atoms with E-state index >= 15 is 0 Å². The van der Waals surface area contributed by atoms with Gasteiger partial charge in [0.25, 0.3) is 0 Å². The fraction of sp³-hybridized carbons (Fsp3) is 0.214. The molecule has 0 aliphatic rings. The van der Waals surface area contributed by atoms with Crippen molar-refractivity contribution in [2.75, 3.05) is 7.11 Å². The fourth-order valence-corrected chi connectivity index (χ4v) is 2.00. The summed E-state index contributed by atoms with van der Waals surface area (Å²) in [5, 5.41) is 10.7. The van der Waals surface area contributed by atoms with Crippen LogP contribution in [0.25, 0.3) is 0 Å². The first kappa shape index (κ1) is 13.8. The van der Waals surface area contributed by atoms with Crippen molar-refractivity contribution < 1.29 is 14.2 Å². The van der Waals surface area contributed by atoms with Crippen LogP contribution >= 0.6 is 11.6 Å². The third kappa shape index (κ3) is 3.43. The molecule has 0 saturated carbocycles. The van der Waals surface area contributed by atoms with E-state index < -0.39 is 11.9 Å². The molecular weight excluding hydrogens is 269 g/mol. The number of benzene rings is 1. The van der Waals surface area contributed by atoms with Gasteiger partial charge >= 0.3 is 0 Å². The van der Waals surface area contributed by atoms with Gasteiger partial charge in [0.2, 0.25) is 0 Å². The van der Waals surface area contributed by atoms with Gasteiger partial charge in [0, 0.05) is 11.4 Å². The third-order valence-electron chi connectivity index (χ3n) is 2.75. The van der Waals surface area contributed by atoms with Gasteiger partial charge in [-0.3, -0.25) is 4.98 Å². The molecule has 1 aromatic heterocycles. The highest BCUT2D eigenvalue weighted by molar-refractivity contribution is 6.30. The van der Waals surface area contributed by atoms with Gasteiger partial charge in [-0.1, -0.05) is 11.6 Å². The number of halogens is 2. The van der Waals surface area contributed by atoms with Crippen molar-refractivity contribution in [1.82, 2.24) is 4.98 Å². The van der Waals surface area contributed by atoms with E-state index in [-0.39, 0.29) is 0 Å². The molecule has 3 nitrogen and oxygen atoms in total. The van der Waals surface area contributed by atoms with E-state index in [1.807, 2.05) is 0 Å². The molecular formula is C14H13ClFNO2. The summed E-state index contributed by atoms with van der Waals surface area (Å²) < 4.78 is 18.0. The van der Waals surface area contributed by atoms with Crippen molar-refractivity contribution in [2.24, 2.45) is 0 Å². The first-order chi connectivity index (χ1) is 9.10. The van der Waals surface area contributed by atoms with Crippen LogP contribution in [-0.2, 0) is 6.42 Å². The van der Waals surface area contributed by atoms with Crippen molar-refractivity contribution in [3.05, 3.63) is 58.6 Å². The van der Waals surface area contributed by atoms with Gasteiger partial charge in [0.05, 0.1) is 19.0 Å². The van der Waals surface area contributed by atoms with E-state index in [0.29, 0.717) is 22.9 Å². The van der Waals surface area contributed by atoms with E-state index in [9.17, 15) is 9.50 Å². The molecule has 19 heavy (non-hydrogen) atoms. The smallest absolute Gasteiger partial charge is 0.141 e. The van der Waals surface area contributed by atoms with Crippen molar-refractivity contribution in [2.45, 2.75) is 12.5 Å².